The Hall–Kier alpha value is -3.04. The molecule has 2 aromatic rings. The number of rotatable bonds is 3. The van der Waals surface area contributed by atoms with Crippen LogP contribution in [-0.4, -0.2) is 23.1 Å². The van der Waals surface area contributed by atoms with E-state index in [0.717, 1.165) is 12.1 Å². The number of nitrogens with two attached hydrogens (primary N) is 1. The number of hydrogen-bond donors (Lipinski definition) is 2. The third kappa shape index (κ3) is 2.66. The zero-order chi connectivity index (χ0) is 17.5. The molecule has 10 heteroatoms. The molecular formula is C14H9F4N3O3. The van der Waals surface area contributed by atoms with E-state index in [9.17, 15) is 22.4 Å². The highest BCUT2D eigenvalue weighted by molar-refractivity contribution is 5.98. The molecule has 1 amide bonds. The standard InChI is InChI=1S/C14H9F4N3O3/c15-13(16)14(17,18)24-10-6-7(3-4-9(10)23-13)21-12-8(11(19)22)2-1-5-20-12/h1-6H,(H2,19,22)(H,20,21). The first-order valence-corrected chi connectivity index (χ1v) is 6.49. The van der Waals surface area contributed by atoms with Gasteiger partial charge in [0, 0.05) is 18.0 Å². The lowest BCUT2D eigenvalue weighted by Crippen LogP contribution is -2.52. The number of amides is 1. The van der Waals surface area contributed by atoms with Gasteiger partial charge in [-0.2, -0.15) is 17.6 Å². The van der Waals surface area contributed by atoms with Gasteiger partial charge in [0.15, 0.2) is 11.5 Å². The lowest BCUT2D eigenvalue weighted by atomic mass is 10.2. The average Bonchev–Trinajstić information content (AvgIpc) is 2.48. The number of ether oxygens (including phenoxy) is 2. The van der Waals surface area contributed by atoms with Crippen molar-refractivity contribution in [2.24, 2.45) is 5.73 Å². The molecular weight excluding hydrogens is 334 g/mol. The van der Waals surface area contributed by atoms with Crippen LogP contribution in [0.15, 0.2) is 36.5 Å². The van der Waals surface area contributed by atoms with E-state index in [4.69, 9.17) is 5.73 Å². The lowest BCUT2D eigenvalue weighted by Gasteiger charge is -2.31. The Balaban J connectivity index is 1.93. The second-order valence-corrected chi connectivity index (χ2v) is 4.79. The van der Waals surface area contributed by atoms with Gasteiger partial charge < -0.3 is 20.5 Å². The summed E-state index contributed by atoms with van der Waals surface area (Å²) in [6, 6.07) is 6.19. The minimum Gasteiger partial charge on any atom is -0.421 e. The summed E-state index contributed by atoms with van der Waals surface area (Å²) in [4.78, 5) is 15.2. The van der Waals surface area contributed by atoms with Gasteiger partial charge in [0.1, 0.15) is 5.82 Å². The van der Waals surface area contributed by atoms with Crippen molar-refractivity contribution < 1.29 is 31.8 Å². The third-order valence-corrected chi connectivity index (χ3v) is 3.09. The van der Waals surface area contributed by atoms with Crippen molar-refractivity contribution in [1.29, 1.82) is 0 Å². The Kier molecular flexibility index (Phi) is 3.47. The van der Waals surface area contributed by atoms with Gasteiger partial charge in [-0.05, 0) is 24.3 Å². The molecule has 0 bridgehead atoms. The molecule has 0 saturated heterocycles. The van der Waals surface area contributed by atoms with E-state index in [0.29, 0.717) is 0 Å². The Morgan fingerprint density at radius 1 is 1.08 bits per heavy atom. The number of pyridine rings is 1. The number of nitrogens with one attached hydrogen (secondary N) is 1. The van der Waals surface area contributed by atoms with Gasteiger partial charge in [-0.3, -0.25) is 4.79 Å². The van der Waals surface area contributed by atoms with Crippen LogP contribution < -0.4 is 20.5 Å². The zero-order valence-electron chi connectivity index (χ0n) is 11.7. The highest BCUT2D eigenvalue weighted by Crippen LogP contribution is 2.47. The molecule has 0 atom stereocenters. The highest BCUT2D eigenvalue weighted by Gasteiger charge is 2.65. The Labute approximate surface area is 132 Å². The topological polar surface area (TPSA) is 86.5 Å². The second kappa shape index (κ2) is 5.25. The number of halogens is 4. The average molecular weight is 343 g/mol. The fourth-order valence-corrected chi connectivity index (χ4v) is 1.99. The van der Waals surface area contributed by atoms with Gasteiger partial charge in [-0.15, -0.1) is 0 Å². The van der Waals surface area contributed by atoms with E-state index < -0.39 is 29.6 Å². The Morgan fingerprint density at radius 2 is 1.75 bits per heavy atom. The lowest BCUT2D eigenvalue weighted by molar-refractivity contribution is -0.391. The first-order valence-electron chi connectivity index (χ1n) is 6.49. The first-order chi connectivity index (χ1) is 11.2. The van der Waals surface area contributed by atoms with Crippen molar-refractivity contribution in [3.63, 3.8) is 0 Å². The minimum absolute atomic E-state index is 0.0595. The molecule has 0 aliphatic carbocycles. The van der Waals surface area contributed by atoms with Gasteiger partial charge in [0.25, 0.3) is 5.91 Å². The van der Waals surface area contributed by atoms with Crippen LogP contribution in [0.4, 0.5) is 29.1 Å². The fourth-order valence-electron chi connectivity index (χ4n) is 1.99. The first kappa shape index (κ1) is 15.8. The second-order valence-electron chi connectivity index (χ2n) is 4.79. The minimum atomic E-state index is -4.82. The maximum Gasteiger partial charge on any atom is 0.507 e. The van der Waals surface area contributed by atoms with E-state index in [2.05, 4.69) is 19.8 Å². The largest absolute Gasteiger partial charge is 0.507 e. The Morgan fingerprint density at radius 3 is 2.42 bits per heavy atom. The number of carbonyl (C=O) groups is 1. The van der Waals surface area contributed by atoms with E-state index in [-0.39, 0.29) is 17.1 Å². The number of fused-ring (bicyclic) bond motifs is 1. The number of hydrogen-bond acceptors (Lipinski definition) is 5. The number of carbonyl (C=O) groups excluding carboxylic acids is 1. The van der Waals surface area contributed by atoms with E-state index in [1.54, 1.807) is 0 Å². The van der Waals surface area contributed by atoms with E-state index in [1.165, 1.54) is 24.4 Å². The number of aromatic nitrogens is 1. The quantitative estimate of drug-likeness (QED) is 0.837. The number of primary amides is 1. The van der Waals surface area contributed by atoms with Gasteiger partial charge in [-0.1, -0.05) is 0 Å². The molecule has 3 rings (SSSR count). The van der Waals surface area contributed by atoms with Crippen LogP contribution in [0.5, 0.6) is 11.5 Å². The van der Waals surface area contributed by atoms with Crippen LogP contribution >= 0.6 is 0 Å². The molecule has 0 saturated carbocycles. The van der Waals surface area contributed by atoms with Crippen LogP contribution in [0, 0.1) is 0 Å². The smallest absolute Gasteiger partial charge is 0.421 e. The molecule has 1 aromatic carbocycles. The fraction of sp³-hybridized carbons (Fsp3) is 0.143. The van der Waals surface area contributed by atoms with Crippen LogP contribution in [0.25, 0.3) is 0 Å². The van der Waals surface area contributed by atoms with Crippen LogP contribution in [0.3, 0.4) is 0 Å². The van der Waals surface area contributed by atoms with Crippen molar-refractivity contribution >= 4 is 17.4 Å². The zero-order valence-corrected chi connectivity index (χ0v) is 11.7. The summed E-state index contributed by atoms with van der Waals surface area (Å²) >= 11 is 0. The van der Waals surface area contributed by atoms with Crippen molar-refractivity contribution in [1.82, 2.24) is 4.98 Å². The molecule has 3 N–H and O–H groups in total. The van der Waals surface area contributed by atoms with Crippen molar-refractivity contribution in [2.45, 2.75) is 12.2 Å². The molecule has 1 aliphatic heterocycles. The monoisotopic (exact) mass is 343 g/mol. The molecule has 1 aliphatic rings. The van der Waals surface area contributed by atoms with E-state index >= 15 is 0 Å². The van der Waals surface area contributed by atoms with Crippen LogP contribution in [0.1, 0.15) is 10.4 Å². The molecule has 0 unspecified atom stereocenters. The predicted molar refractivity (Wildman–Crippen MR) is 73.6 cm³/mol. The number of benzene rings is 1. The molecule has 24 heavy (non-hydrogen) atoms. The molecule has 6 nitrogen and oxygen atoms in total. The molecule has 126 valence electrons. The Bertz CT molecular complexity index is 814. The van der Waals surface area contributed by atoms with Crippen molar-refractivity contribution in [3.05, 3.63) is 42.1 Å². The molecule has 0 radical (unpaired) electrons. The predicted octanol–water partition coefficient (Wildman–Crippen LogP) is 2.88. The normalized spacial score (nSPS) is 17.2. The molecule has 0 spiro atoms. The maximum atomic E-state index is 13.2. The van der Waals surface area contributed by atoms with Gasteiger partial charge >= 0.3 is 12.2 Å². The van der Waals surface area contributed by atoms with Gasteiger partial charge in [-0.25, -0.2) is 4.98 Å². The number of anilines is 2. The van der Waals surface area contributed by atoms with Crippen LogP contribution in [-0.2, 0) is 0 Å². The maximum absolute atomic E-state index is 13.2. The van der Waals surface area contributed by atoms with Crippen molar-refractivity contribution in [2.75, 3.05) is 5.32 Å². The summed E-state index contributed by atoms with van der Waals surface area (Å²) in [6.45, 7) is 0. The van der Waals surface area contributed by atoms with Gasteiger partial charge in [0.2, 0.25) is 0 Å². The van der Waals surface area contributed by atoms with E-state index in [1.807, 2.05) is 0 Å². The summed E-state index contributed by atoms with van der Waals surface area (Å²) in [7, 11) is 0. The summed E-state index contributed by atoms with van der Waals surface area (Å²) in [6.07, 6.45) is -8.22. The SMILES string of the molecule is NC(=O)c1cccnc1Nc1ccc2c(c1)OC(F)(F)C(F)(F)O2. The summed E-state index contributed by atoms with van der Waals surface area (Å²) in [5.74, 6) is -1.83. The summed E-state index contributed by atoms with van der Waals surface area (Å²) in [5.41, 5.74) is 5.41. The van der Waals surface area contributed by atoms with Gasteiger partial charge in [0.05, 0.1) is 5.56 Å². The summed E-state index contributed by atoms with van der Waals surface area (Å²) in [5, 5.41) is 2.67. The van der Waals surface area contributed by atoms with Crippen molar-refractivity contribution in [3.8, 4) is 11.5 Å². The molecule has 2 heterocycles. The molecule has 1 aromatic heterocycles. The summed E-state index contributed by atoms with van der Waals surface area (Å²) < 4.78 is 60.6. The molecule has 0 fully saturated rings. The van der Waals surface area contributed by atoms with Crippen LogP contribution in [0.2, 0.25) is 0 Å². The number of alkyl halides is 4. The third-order valence-electron chi connectivity index (χ3n) is 3.09. The number of nitrogens with zero attached hydrogens (tertiary/aromatic N) is 1. The highest BCUT2D eigenvalue weighted by atomic mass is 19.3.